The van der Waals surface area contributed by atoms with Crippen LogP contribution in [-0.4, -0.2) is 17.7 Å². The second-order valence-electron chi connectivity index (χ2n) is 13.6. The molecule has 0 aliphatic heterocycles. The van der Waals surface area contributed by atoms with E-state index in [1.807, 2.05) is 0 Å². The van der Waals surface area contributed by atoms with Crippen molar-refractivity contribution in [3.8, 4) is 5.75 Å². The molecule has 0 aromatic heterocycles. The van der Waals surface area contributed by atoms with Crippen molar-refractivity contribution >= 4 is 5.97 Å². The molecule has 1 aromatic carbocycles. The molecule has 1 aromatic rings. The Kier molecular flexibility index (Phi) is 16.3. The number of hydrogen-bond donors (Lipinski definition) is 1. The van der Waals surface area contributed by atoms with Crippen LogP contribution < -0.4 is 0 Å². The molecule has 1 N–H and O–H groups in total. The normalized spacial score (nSPS) is 13.1. The number of carbonyl (C=O) groups excluding carboxylic acids is 1. The van der Waals surface area contributed by atoms with Gasteiger partial charge in [0, 0.05) is 0 Å². The number of phenolic OH excluding ortho intramolecular Hbond substituents is 1. The highest BCUT2D eigenvalue weighted by Crippen LogP contribution is 2.40. The summed E-state index contributed by atoms with van der Waals surface area (Å²) in [7, 11) is 0. The molecule has 3 nitrogen and oxygen atoms in total. The van der Waals surface area contributed by atoms with E-state index in [4.69, 9.17) is 4.74 Å². The lowest BCUT2D eigenvalue weighted by Gasteiger charge is -2.29. The highest BCUT2D eigenvalue weighted by Gasteiger charge is 2.28. The fourth-order valence-corrected chi connectivity index (χ4v) is 5.24. The lowest BCUT2D eigenvalue weighted by molar-refractivity contribution is -0.149. The highest BCUT2D eigenvalue weighted by molar-refractivity contribution is 5.73. The zero-order chi connectivity index (χ0) is 28.6. The first-order chi connectivity index (χ1) is 17.9. The van der Waals surface area contributed by atoms with Crippen molar-refractivity contribution in [1.29, 1.82) is 0 Å². The van der Waals surface area contributed by atoms with Crippen LogP contribution in [0.25, 0.3) is 0 Å². The van der Waals surface area contributed by atoms with Gasteiger partial charge in [-0.2, -0.15) is 0 Å². The molecule has 0 fully saturated rings. The average molecular weight is 531 g/mol. The van der Waals surface area contributed by atoms with Gasteiger partial charge in [-0.25, -0.2) is 0 Å². The first kappa shape index (κ1) is 34.5. The second kappa shape index (κ2) is 18.0. The third-order valence-electron chi connectivity index (χ3n) is 7.75. The summed E-state index contributed by atoms with van der Waals surface area (Å²) in [5.74, 6) is 0.239. The minimum Gasteiger partial charge on any atom is -0.507 e. The van der Waals surface area contributed by atoms with Crippen LogP contribution in [0.1, 0.15) is 168 Å². The smallest absolute Gasteiger partial charge is 0.309 e. The average Bonchev–Trinajstić information content (AvgIpc) is 2.83. The maximum Gasteiger partial charge on any atom is 0.309 e. The van der Waals surface area contributed by atoms with Crippen LogP contribution in [0, 0.1) is 5.92 Å². The molecule has 220 valence electrons. The van der Waals surface area contributed by atoms with Crippen molar-refractivity contribution in [1.82, 2.24) is 0 Å². The number of esters is 1. The standard InChI is InChI=1S/C35H62O3/c1-9-11-13-15-17-18-20-22-24-38-33(37)29(23-21-19-16-14-12-10-2)25-28-26-30(34(3,4)5)32(36)31(27-28)35(6,7)8/h26-27,29,36H,9-25H2,1-8H3. The minimum atomic E-state index is -0.175. The van der Waals surface area contributed by atoms with Crippen LogP contribution in [0.4, 0.5) is 0 Å². The van der Waals surface area contributed by atoms with Gasteiger partial charge >= 0.3 is 5.97 Å². The van der Waals surface area contributed by atoms with Crippen LogP contribution in [0.3, 0.4) is 0 Å². The van der Waals surface area contributed by atoms with E-state index in [0.29, 0.717) is 18.8 Å². The molecule has 0 bridgehead atoms. The Labute approximate surface area is 236 Å². The molecule has 0 radical (unpaired) electrons. The maximum atomic E-state index is 13.3. The van der Waals surface area contributed by atoms with E-state index in [-0.39, 0.29) is 22.7 Å². The van der Waals surface area contributed by atoms with E-state index in [1.54, 1.807) is 0 Å². The number of phenols is 1. The van der Waals surface area contributed by atoms with Crippen LogP contribution in [0.2, 0.25) is 0 Å². The van der Waals surface area contributed by atoms with Crippen LogP contribution in [-0.2, 0) is 26.8 Å². The summed E-state index contributed by atoms with van der Waals surface area (Å²) in [5.41, 5.74) is 2.71. The first-order valence-corrected chi connectivity index (χ1v) is 15.9. The molecule has 0 spiro atoms. The van der Waals surface area contributed by atoms with Gasteiger partial charge in [0.2, 0.25) is 0 Å². The van der Waals surface area contributed by atoms with Crippen LogP contribution in [0.5, 0.6) is 5.75 Å². The van der Waals surface area contributed by atoms with Crippen molar-refractivity contribution in [2.45, 2.75) is 169 Å². The topological polar surface area (TPSA) is 46.5 Å². The number of benzene rings is 1. The summed E-state index contributed by atoms with van der Waals surface area (Å²) in [6.45, 7) is 17.9. The van der Waals surface area contributed by atoms with E-state index in [1.165, 1.54) is 70.6 Å². The summed E-state index contributed by atoms with van der Waals surface area (Å²) in [5, 5.41) is 11.1. The van der Waals surface area contributed by atoms with Crippen LogP contribution >= 0.6 is 0 Å². The Balaban J connectivity index is 2.88. The number of unbranched alkanes of at least 4 members (excludes halogenated alkanes) is 12. The van der Waals surface area contributed by atoms with Crippen molar-refractivity contribution in [2.75, 3.05) is 6.61 Å². The van der Waals surface area contributed by atoms with Gasteiger partial charge in [-0.15, -0.1) is 0 Å². The van der Waals surface area contributed by atoms with Gasteiger partial charge in [0.05, 0.1) is 12.5 Å². The Morgan fingerprint density at radius 1 is 0.711 bits per heavy atom. The zero-order valence-corrected chi connectivity index (χ0v) is 26.5. The van der Waals surface area contributed by atoms with Crippen molar-refractivity contribution in [3.05, 3.63) is 28.8 Å². The quantitative estimate of drug-likeness (QED) is 0.143. The van der Waals surface area contributed by atoms with E-state index in [0.717, 1.165) is 42.4 Å². The molecule has 0 saturated carbocycles. The van der Waals surface area contributed by atoms with E-state index in [9.17, 15) is 9.90 Å². The highest BCUT2D eigenvalue weighted by atomic mass is 16.5. The number of ether oxygens (including phenoxy) is 1. The lowest BCUT2D eigenvalue weighted by Crippen LogP contribution is -2.22. The van der Waals surface area contributed by atoms with E-state index >= 15 is 0 Å². The monoisotopic (exact) mass is 530 g/mol. The van der Waals surface area contributed by atoms with Gasteiger partial charge in [0.1, 0.15) is 5.75 Å². The molecule has 3 heteroatoms. The largest absolute Gasteiger partial charge is 0.507 e. The van der Waals surface area contributed by atoms with Gasteiger partial charge < -0.3 is 9.84 Å². The molecular formula is C35H62O3. The molecule has 0 aliphatic carbocycles. The lowest BCUT2D eigenvalue weighted by atomic mass is 9.77. The Morgan fingerprint density at radius 3 is 1.58 bits per heavy atom. The number of carbonyl (C=O) groups is 1. The van der Waals surface area contributed by atoms with Crippen molar-refractivity contribution < 1.29 is 14.6 Å². The Bertz CT molecular complexity index is 746. The SMILES string of the molecule is CCCCCCCCCCOC(=O)C(CCCCCCCC)Cc1cc(C(C)(C)C)c(O)c(C(C)(C)C)c1. The summed E-state index contributed by atoms with van der Waals surface area (Å²) in [4.78, 5) is 13.3. The molecule has 0 amide bonds. The fourth-order valence-electron chi connectivity index (χ4n) is 5.24. The third kappa shape index (κ3) is 13.5. The number of rotatable bonds is 19. The maximum absolute atomic E-state index is 13.3. The predicted molar refractivity (Wildman–Crippen MR) is 164 cm³/mol. The molecule has 1 rings (SSSR count). The summed E-state index contributed by atoms with van der Waals surface area (Å²) in [6.07, 6.45) is 18.8. The summed E-state index contributed by atoms with van der Waals surface area (Å²) >= 11 is 0. The molecule has 0 heterocycles. The molecule has 0 saturated heterocycles. The van der Waals surface area contributed by atoms with Gasteiger partial charge in [0.25, 0.3) is 0 Å². The van der Waals surface area contributed by atoms with Crippen LogP contribution in [0.15, 0.2) is 12.1 Å². The van der Waals surface area contributed by atoms with Gasteiger partial charge in [-0.1, -0.05) is 151 Å². The van der Waals surface area contributed by atoms with Gasteiger partial charge in [-0.05, 0) is 46.8 Å². The fraction of sp³-hybridized carbons (Fsp3) is 0.800. The summed E-state index contributed by atoms with van der Waals surface area (Å²) in [6, 6.07) is 4.26. The Hall–Kier alpha value is -1.51. The Morgan fingerprint density at radius 2 is 1.13 bits per heavy atom. The van der Waals surface area contributed by atoms with Gasteiger partial charge in [-0.3, -0.25) is 4.79 Å². The van der Waals surface area contributed by atoms with Gasteiger partial charge in [0.15, 0.2) is 0 Å². The van der Waals surface area contributed by atoms with Crippen molar-refractivity contribution in [2.24, 2.45) is 5.92 Å². The molecular weight excluding hydrogens is 468 g/mol. The minimum absolute atomic E-state index is 0.0378. The molecule has 1 atom stereocenters. The second-order valence-corrected chi connectivity index (χ2v) is 13.6. The van der Waals surface area contributed by atoms with Crippen molar-refractivity contribution in [3.63, 3.8) is 0 Å². The third-order valence-corrected chi connectivity index (χ3v) is 7.75. The van der Waals surface area contributed by atoms with E-state index in [2.05, 4.69) is 67.5 Å². The predicted octanol–water partition coefficient (Wildman–Crippen LogP) is 10.6. The number of aromatic hydroxyl groups is 1. The molecule has 1 unspecified atom stereocenters. The molecule has 38 heavy (non-hydrogen) atoms. The number of hydrogen-bond acceptors (Lipinski definition) is 3. The van der Waals surface area contributed by atoms with E-state index < -0.39 is 0 Å². The molecule has 0 aliphatic rings. The summed E-state index contributed by atoms with van der Waals surface area (Å²) < 4.78 is 5.85. The zero-order valence-electron chi connectivity index (χ0n) is 26.5. The first-order valence-electron chi connectivity index (χ1n) is 15.9.